The van der Waals surface area contributed by atoms with Crippen molar-refractivity contribution in [1.29, 1.82) is 0 Å². The van der Waals surface area contributed by atoms with Gasteiger partial charge in [-0.05, 0) is 40.8 Å². The van der Waals surface area contributed by atoms with E-state index in [1.165, 1.54) is 0 Å². The topological polar surface area (TPSA) is 29.3 Å². The van der Waals surface area contributed by atoms with E-state index in [1.807, 2.05) is 40.4 Å². The fourth-order valence-corrected chi connectivity index (χ4v) is 3.32. The third-order valence-corrected chi connectivity index (χ3v) is 4.29. The molecule has 0 saturated carbocycles. The SMILES string of the molecule is Clc1cc(I)ccc1NCc1cn2ccsc2n1. The number of nitrogens with zero attached hydrogens (tertiary/aromatic N) is 2. The maximum Gasteiger partial charge on any atom is 0.193 e. The van der Waals surface area contributed by atoms with Gasteiger partial charge in [0.25, 0.3) is 0 Å². The molecule has 92 valence electrons. The predicted molar refractivity (Wildman–Crippen MR) is 84.6 cm³/mol. The van der Waals surface area contributed by atoms with Gasteiger partial charge in [0.05, 0.1) is 22.9 Å². The number of rotatable bonds is 3. The first-order valence-electron chi connectivity index (χ1n) is 5.32. The molecule has 0 bridgehead atoms. The molecule has 3 nitrogen and oxygen atoms in total. The highest BCUT2D eigenvalue weighted by atomic mass is 127. The molecule has 0 aliphatic carbocycles. The van der Waals surface area contributed by atoms with Crippen LogP contribution in [-0.2, 0) is 6.54 Å². The van der Waals surface area contributed by atoms with Crippen LogP contribution in [0.5, 0.6) is 0 Å². The van der Waals surface area contributed by atoms with Gasteiger partial charge in [0.2, 0.25) is 0 Å². The smallest absolute Gasteiger partial charge is 0.193 e. The molecule has 0 atom stereocenters. The van der Waals surface area contributed by atoms with Crippen LogP contribution in [0.3, 0.4) is 0 Å². The first-order chi connectivity index (χ1) is 8.72. The fraction of sp³-hybridized carbons (Fsp3) is 0.0833. The predicted octanol–water partition coefficient (Wildman–Crippen LogP) is 4.27. The molecule has 3 rings (SSSR count). The quantitative estimate of drug-likeness (QED) is 0.678. The fourth-order valence-electron chi connectivity index (χ4n) is 1.68. The number of halogens is 2. The Kier molecular flexibility index (Phi) is 3.45. The van der Waals surface area contributed by atoms with Crippen LogP contribution in [0.25, 0.3) is 4.96 Å². The zero-order chi connectivity index (χ0) is 12.5. The van der Waals surface area contributed by atoms with Crippen LogP contribution in [-0.4, -0.2) is 9.38 Å². The van der Waals surface area contributed by atoms with Crippen LogP contribution in [0.2, 0.25) is 5.02 Å². The zero-order valence-electron chi connectivity index (χ0n) is 9.23. The molecule has 0 aliphatic heterocycles. The molecular weight excluding hydrogens is 381 g/mol. The van der Waals surface area contributed by atoms with Crippen LogP contribution in [0.4, 0.5) is 5.69 Å². The summed E-state index contributed by atoms with van der Waals surface area (Å²) in [6.07, 6.45) is 4.04. The van der Waals surface area contributed by atoms with Crippen LogP contribution >= 0.6 is 45.5 Å². The first-order valence-corrected chi connectivity index (χ1v) is 7.66. The van der Waals surface area contributed by atoms with E-state index >= 15 is 0 Å². The molecular formula is C12H9ClIN3S. The van der Waals surface area contributed by atoms with Crippen molar-refractivity contribution in [2.24, 2.45) is 0 Å². The summed E-state index contributed by atoms with van der Waals surface area (Å²) in [5, 5.41) is 6.06. The van der Waals surface area contributed by atoms with Gasteiger partial charge in [-0.1, -0.05) is 11.6 Å². The van der Waals surface area contributed by atoms with Gasteiger partial charge < -0.3 is 5.32 Å². The van der Waals surface area contributed by atoms with E-state index in [9.17, 15) is 0 Å². The van der Waals surface area contributed by atoms with E-state index in [0.29, 0.717) is 6.54 Å². The second-order valence-electron chi connectivity index (χ2n) is 3.80. The van der Waals surface area contributed by atoms with Crippen molar-refractivity contribution in [3.05, 3.63) is 50.3 Å². The lowest BCUT2D eigenvalue weighted by molar-refractivity contribution is 1.08. The number of aromatic nitrogens is 2. The summed E-state index contributed by atoms with van der Waals surface area (Å²) in [6.45, 7) is 0.675. The van der Waals surface area contributed by atoms with Crippen molar-refractivity contribution in [3.63, 3.8) is 0 Å². The van der Waals surface area contributed by atoms with Crippen molar-refractivity contribution in [3.8, 4) is 0 Å². The second kappa shape index (κ2) is 5.07. The molecule has 0 radical (unpaired) electrons. The average Bonchev–Trinajstić information content (AvgIpc) is 2.88. The van der Waals surface area contributed by atoms with Crippen LogP contribution in [0, 0.1) is 3.57 Å². The molecule has 1 N–H and O–H groups in total. The zero-order valence-corrected chi connectivity index (χ0v) is 13.0. The Bertz CT molecular complexity index is 663. The second-order valence-corrected chi connectivity index (χ2v) is 6.33. The molecule has 3 aromatic rings. The highest BCUT2D eigenvalue weighted by molar-refractivity contribution is 14.1. The molecule has 0 amide bonds. The molecule has 6 heteroatoms. The largest absolute Gasteiger partial charge is 0.378 e. The van der Waals surface area contributed by atoms with Gasteiger partial charge in [0.1, 0.15) is 0 Å². The Morgan fingerprint density at radius 2 is 2.33 bits per heavy atom. The molecule has 2 heterocycles. The summed E-state index contributed by atoms with van der Waals surface area (Å²) in [5.74, 6) is 0. The summed E-state index contributed by atoms with van der Waals surface area (Å²) < 4.78 is 3.16. The highest BCUT2D eigenvalue weighted by Crippen LogP contribution is 2.24. The summed E-state index contributed by atoms with van der Waals surface area (Å²) in [6, 6.07) is 5.96. The summed E-state index contributed by atoms with van der Waals surface area (Å²) in [4.78, 5) is 5.52. The van der Waals surface area contributed by atoms with E-state index in [1.54, 1.807) is 11.3 Å². The number of hydrogen-bond acceptors (Lipinski definition) is 3. The summed E-state index contributed by atoms with van der Waals surface area (Å²) >= 11 is 10.0. The van der Waals surface area contributed by atoms with Gasteiger partial charge in [-0.25, -0.2) is 4.98 Å². The monoisotopic (exact) mass is 389 g/mol. The lowest BCUT2D eigenvalue weighted by atomic mass is 10.3. The minimum atomic E-state index is 0.675. The van der Waals surface area contributed by atoms with Crippen molar-refractivity contribution < 1.29 is 0 Å². The Hall–Kier alpha value is -0.790. The van der Waals surface area contributed by atoms with Crippen molar-refractivity contribution >= 4 is 56.2 Å². The maximum absolute atomic E-state index is 6.16. The van der Waals surface area contributed by atoms with Gasteiger partial charge >= 0.3 is 0 Å². The lowest BCUT2D eigenvalue weighted by Crippen LogP contribution is -2.00. The average molecular weight is 390 g/mol. The van der Waals surface area contributed by atoms with Crippen LogP contribution in [0.15, 0.2) is 36.0 Å². The first kappa shape index (κ1) is 12.3. The summed E-state index contributed by atoms with van der Waals surface area (Å²) in [5.41, 5.74) is 1.95. The van der Waals surface area contributed by atoms with E-state index < -0.39 is 0 Å². The van der Waals surface area contributed by atoms with Crippen molar-refractivity contribution in [2.75, 3.05) is 5.32 Å². The van der Waals surface area contributed by atoms with Crippen LogP contribution < -0.4 is 5.32 Å². The van der Waals surface area contributed by atoms with E-state index in [-0.39, 0.29) is 0 Å². The Morgan fingerprint density at radius 3 is 3.11 bits per heavy atom. The molecule has 2 aromatic heterocycles. The Morgan fingerprint density at radius 1 is 1.44 bits per heavy atom. The van der Waals surface area contributed by atoms with E-state index in [2.05, 4.69) is 32.9 Å². The Labute approximate surface area is 127 Å². The van der Waals surface area contributed by atoms with Crippen molar-refractivity contribution in [1.82, 2.24) is 9.38 Å². The minimum Gasteiger partial charge on any atom is -0.378 e. The number of imidazole rings is 1. The molecule has 0 spiro atoms. The normalized spacial score (nSPS) is 11.0. The van der Waals surface area contributed by atoms with Gasteiger partial charge in [0, 0.05) is 21.3 Å². The standard InChI is InChI=1S/C12H9ClIN3S/c13-10-5-8(14)1-2-11(10)15-6-9-7-17-3-4-18-12(17)16-9/h1-5,7,15H,6H2. The van der Waals surface area contributed by atoms with Gasteiger partial charge in [-0.15, -0.1) is 11.3 Å². The number of benzene rings is 1. The number of thiazole rings is 1. The number of hydrogen-bond donors (Lipinski definition) is 1. The highest BCUT2D eigenvalue weighted by Gasteiger charge is 2.04. The number of anilines is 1. The molecule has 0 aliphatic rings. The summed E-state index contributed by atoms with van der Waals surface area (Å²) in [7, 11) is 0. The molecule has 1 aromatic carbocycles. The molecule has 0 unspecified atom stereocenters. The number of nitrogens with one attached hydrogen (secondary N) is 1. The van der Waals surface area contributed by atoms with E-state index in [4.69, 9.17) is 11.6 Å². The van der Waals surface area contributed by atoms with Gasteiger partial charge in [0.15, 0.2) is 4.96 Å². The molecule has 0 fully saturated rings. The lowest BCUT2D eigenvalue weighted by Gasteiger charge is -2.06. The van der Waals surface area contributed by atoms with Gasteiger partial charge in [-0.2, -0.15) is 0 Å². The molecule has 0 saturated heterocycles. The Balaban J connectivity index is 1.76. The minimum absolute atomic E-state index is 0.675. The van der Waals surface area contributed by atoms with E-state index in [0.717, 1.165) is 24.9 Å². The third-order valence-electron chi connectivity index (χ3n) is 2.53. The third kappa shape index (κ3) is 2.48. The maximum atomic E-state index is 6.16. The molecule has 18 heavy (non-hydrogen) atoms. The van der Waals surface area contributed by atoms with Crippen molar-refractivity contribution in [2.45, 2.75) is 6.54 Å². The number of fused-ring (bicyclic) bond motifs is 1. The van der Waals surface area contributed by atoms with Crippen LogP contribution in [0.1, 0.15) is 5.69 Å². The van der Waals surface area contributed by atoms with Gasteiger partial charge in [-0.3, -0.25) is 4.40 Å².